The van der Waals surface area contributed by atoms with E-state index >= 15 is 0 Å². The van der Waals surface area contributed by atoms with Crippen LogP contribution in [-0.4, -0.2) is 5.78 Å². The Kier molecular flexibility index (Phi) is 3.18. The lowest BCUT2D eigenvalue weighted by Crippen LogP contribution is -2.06. The molecule has 0 fully saturated rings. The molecule has 1 atom stereocenters. The normalized spacial score (nSPS) is 17.2. The molecular formula is C17H16O2. The average molecular weight is 252 g/mol. The van der Waals surface area contributed by atoms with Gasteiger partial charge in [-0.3, -0.25) is 4.79 Å². The summed E-state index contributed by atoms with van der Waals surface area (Å²) < 4.78 is 5.72. The van der Waals surface area contributed by atoms with Crippen LogP contribution in [0.5, 0.6) is 0 Å². The van der Waals surface area contributed by atoms with Crippen molar-refractivity contribution in [3.8, 4) is 0 Å². The van der Waals surface area contributed by atoms with Crippen molar-refractivity contribution in [1.29, 1.82) is 0 Å². The van der Waals surface area contributed by atoms with Gasteiger partial charge in [-0.1, -0.05) is 54.1 Å². The maximum absolute atomic E-state index is 12.2. The van der Waals surface area contributed by atoms with E-state index in [2.05, 4.69) is 12.1 Å². The maximum atomic E-state index is 12.2. The Hall–Kier alpha value is -1.93. The molecular weight excluding hydrogens is 236 g/mol. The number of ether oxygens (including phenoxy) is 1. The number of Topliss-reactive ketones (excluding diaryl/α,β-unsaturated/α-hetero) is 1. The van der Waals surface area contributed by atoms with Crippen LogP contribution in [0.15, 0.2) is 48.5 Å². The minimum absolute atomic E-state index is 0.0926. The summed E-state index contributed by atoms with van der Waals surface area (Å²) in [5, 5.41) is 0. The Morgan fingerprint density at radius 2 is 1.89 bits per heavy atom. The van der Waals surface area contributed by atoms with Gasteiger partial charge in [0.1, 0.15) is 0 Å². The molecule has 0 N–H and O–H groups in total. The monoisotopic (exact) mass is 252 g/mol. The molecule has 2 aromatic rings. The van der Waals surface area contributed by atoms with E-state index in [0.717, 1.165) is 11.1 Å². The predicted octanol–water partition coefficient (Wildman–Crippen LogP) is 3.84. The number of aryl methyl sites for hydroxylation is 1. The first kappa shape index (κ1) is 12.1. The van der Waals surface area contributed by atoms with E-state index in [-0.39, 0.29) is 11.9 Å². The Morgan fingerprint density at radius 3 is 2.68 bits per heavy atom. The lowest BCUT2D eigenvalue weighted by Gasteiger charge is -2.10. The van der Waals surface area contributed by atoms with E-state index in [0.29, 0.717) is 13.0 Å². The third-order valence-corrected chi connectivity index (χ3v) is 3.59. The molecule has 3 rings (SSSR count). The first-order chi connectivity index (χ1) is 9.24. The quantitative estimate of drug-likeness (QED) is 0.776. The summed E-state index contributed by atoms with van der Waals surface area (Å²) in [4.78, 5) is 12.2. The number of fused-ring (bicyclic) bond motifs is 1. The molecule has 0 spiro atoms. The highest BCUT2D eigenvalue weighted by atomic mass is 16.5. The van der Waals surface area contributed by atoms with E-state index in [1.807, 2.05) is 43.3 Å². The van der Waals surface area contributed by atoms with Crippen LogP contribution in [0.3, 0.4) is 0 Å². The van der Waals surface area contributed by atoms with Gasteiger partial charge in [-0.25, -0.2) is 0 Å². The predicted molar refractivity (Wildman–Crippen MR) is 74.1 cm³/mol. The summed E-state index contributed by atoms with van der Waals surface area (Å²) in [5.41, 5.74) is 4.28. The number of ketones is 1. The van der Waals surface area contributed by atoms with Gasteiger partial charge in [0.25, 0.3) is 0 Å². The smallest absolute Gasteiger partial charge is 0.165 e. The lowest BCUT2D eigenvalue weighted by molar-refractivity contribution is 0.0536. The molecule has 1 heterocycles. The van der Waals surface area contributed by atoms with E-state index < -0.39 is 0 Å². The Balaban J connectivity index is 1.76. The fourth-order valence-electron chi connectivity index (χ4n) is 2.45. The molecule has 0 aliphatic carbocycles. The van der Waals surface area contributed by atoms with Gasteiger partial charge in [-0.05, 0) is 18.1 Å². The number of carbonyl (C=O) groups is 1. The van der Waals surface area contributed by atoms with Crippen molar-refractivity contribution in [2.24, 2.45) is 0 Å². The van der Waals surface area contributed by atoms with Crippen molar-refractivity contribution >= 4 is 5.78 Å². The van der Waals surface area contributed by atoms with E-state index in [1.165, 1.54) is 11.1 Å². The largest absolute Gasteiger partial charge is 0.368 e. The van der Waals surface area contributed by atoms with Crippen LogP contribution in [0.4, 0.5) is 0 Å². The summed E-state index contributed by atoms with van der Waals surface area (Å²) in [5.74, 6) is 0.140. The standard InChI is InChI=1S/C17H16O2/c1-12-6-8-13(9-7-12)16(18)10-17-15-5-3-2-4-14(15)11-19-17/h2-9,17H,10-11H2,1H3. The number of carbonyl (C=O) groups excluding carboxylic acids is 1. The summed E-state index contributed by atoms with van der Waals surface area (Å²) in [6, 6.07) is 15.8. The second-order valence-electron chi connectivity index (χ2n) is 4.99. The molecule has 0 aromatic heterocycles. The highest BCUT2D eigenvalue weighted by Gasteiger charge is 2.25. The van der Waals surface area contributed by atoms with Crippen LogP contribution in [0.2, 0.25) is 0 Å². The molecule has 0 bridgehead atoms. The Bertz CT molecular complexity index is 599. The second-order valence-corrected chi connectivity index (χ2v) is 4.99. The zero-order valence-corrected chi connectivity index (χ0v) is 10.9. The van der Waals surface area contributed by atoms with Crippen molar-refractivity contribution in [2.75, 3.05) is 0 Å². The third kappa shape index (κ3) is 2.45. The van der Waals surface area contributed by atoms with Gasteiger partial charge < -0.3 is 4.74 Å². The lowest BCUT2D eigenvalue weighted by atomic mass is 9.98. The van der Waals surface area contributed by atoms with Gasteiger partial charge in [-0.15, -0.1) is 0 Å². The third-order valence-electron chi connectivity index (χ3n) is 3.59. The first-order valence-electron chi connectivity index (χ1n) is 6.53. The number of rotatable bonds is 3. The van der Waals surface area contributed by atoms with Gasteiger partial charge >= 0.3 is 0 Å². The molecule has 1 aliphatic heterocycles. The zero-order valence-electron chi connectivity index (χ0n) is 10.9. The fraction of sp³-hybridized carbons (Fsp3) is 0.235. The van der Waals surface area contributed by atoms with Crippen LogP contribution in [-0.2, 0) is 11.3 Å². The summed E-state index contributed by atoms with van der Waals surface area (Å²) >= 11 is 0. The van der Waals surface area contributed by atoms with Crippen molar-refractivity contribution < 1.29 is 9.53 Å². The minimum Gasteiger partial charge on any atom is -0.368 e. The van der Waals surface area contributed by atoms with Crippen LogP contribution in [0.25, 0.3) is 0 Å². The zero-order chi connectivity index (χ0) is 13.2. The number of benzene rings is 2. The van der Waals surface area contributed by atoms with Crippen LogP contribution < -0.4 is 0 Å². The molecule has 1 unspecified atom stereocenters. The van der Waals surface area contributed by atoms with Gasteiger partial charge in [0, 0.05) is 12.0 Å². The van der Waals surface area contributed by atoms with Gasteiger partial charge in [0.05, 0.1) is 12.7 Å². The van der Waals surface area contributed by atoms with Crippen molar-refractivity contribution in [1.82, 2.24) is 0 Å². The highest BCUT2D eigenvalue weighted by Crippen LogP contribution is 2.33. The molecule has 1 aliphatic rings. The van der Waals surface area contributed by atoms with E-state index in [9.17, 15) is 4.79 Å². The molecule has 2 aromatic carbocycles. The first-order valence-corrected chi connectivity index (χ1v) is 6.53. The molecule has 2 nitrogen and oxygen atoms in total. The maximum Gasteiger partial charge on any atom is 0.165 e. The van der Waals surface area contributed by atoms with Crippen LogP contribution in [0, 0.1) is 6.92 Å². The topological polar surface area (TPSA) is 26.3 Å². The second kappa shape index (κ2) is 4.98. The van der Waals surface area contributed by atoms with Crippen LogP contribution in [0.1, 0.15) is 39.6 Å². The minimum atomic E-state index is -0.0926. The summed E-state index contributed by atoms with van der Waals surface area (Å²) in [7, 11) is 0. The molecule has 0 amide bonds. The number of hydrogen-bond donors (Lipinski definition) is 0. The van der Waals surface area contributed by atoms with Crippen molar-refractivity contribution in [3.05, 3.63) is 70.8 Å². The average Bonchev–Trinajstić information content (AvgIpc) is 2.83. The van der Waals surface area contributed by atoms with Crippen LogP contribution >= 0.6 is 0 Å². The van der Waals surface area contributed by atoms with Gasteiger partial charge in [0.15, 0.2) is 5.78 Å². The Labute approximate surface area is 113 Å². The van der Waals surface area contributed by atoms with Crippen molar-refractivity contribution in [2.45, 2.75) is 26.1 Å². The van der Waals surface area contributed by atoms with Gasteiger partial charge in [0.2, 0.25) is 0 Å². The van der Waals surface area contributed by atoms with E-state index in [1.54, 1.807) is 0 Å². The fourth-order valence-corrected chi connectivity index (χ4v) is 2.45. The highest BCUT2D eigenvalue weighted by molar-refractivity contribution is 5.96. The molecule has 19 heavy (non-hydrogen) atoms. The molecule has 2 heteroatoms. The summed E-state index contributed by atoms with van der Waals surface area (Å²) in [6.45, 7) is 2.63. The molecule has 0 saturated heterocycles. The van der Waals surface area contributed by atoms with E-state index in [4.69, 9.17) is 4.74 Å². The van der Waals surface area contributed by atoms with Crippen molar-refractivity contribution in [3.63, 3.8) is 0 Å². The van der Waals surface area contributed by atoms with Gasteiger partial charge in [-0.2, -0.15) is 0 Å². The summed E-state index contributed by atoms with van der Waals surface area (Å²) in [6.07, 6.45) is 0.324. The Morgan fingerprint density at radius 1 is 1.16 bits per heavy atom. The molecule has 96 valence electrons. The molecule has 0 saturated carbocycles. The SMILES string of the molecule is Cc1ccc(C(=O)CC2OCc3ccccc32)cc1. The molecule has 0 radical (unpaired) electrons. The number of hydrogen-bond acceptors (Lipinski definition) is 2.